The van der Waals surface area contributed by atoms with Gasteiger partial charge >= 0.3 is 0 Å². The highest BCUT2D eigenvalue weighted by atomic mass is 16.5. The van der Waals surface area contributed by atoms with Gasteiger partial charge in [-0.15, -0.1) is 0 Å². The van der Waals surface area contributed by atoms with Crippen molar-refractivity contribution in [1.82, 2.24) is 5.32 Å². The van der Waals surface area contributed by atoms with E-state index in [2.05, 4.69) is 17.6 Å². The van der Waals surface area contributed by atoms with E-state index in [1.54, 1.807) is 7.11 Å². The van der Waals surface area contributed by atoms with Gasteiger partial charge < -0.3 is 10.1 Å². The fourth-order valence-corrected chi connectivity index (χ4v) is 2.53. The Morgan fingerprint density at radius 1 is 1.44 bits per heavy atom. The molecular weight excluding hydrogens is 228 g/mol. The standard InChI is InChI=1S/C14H18N2O2/c1-8(9-3-4-9)15-13-11-7-10(18-2)5-6-12(11)16-14(13)17/h5-9,13,15H,3-4H2,1-2H3,(H,16,17). The van der Waals surface area contributed by atoms with Gasteiger partial charge in [-0.25, -0.2) is 0 Å². The number of fused-ring (bicyclic) bond motifs is 1. The van der Waals surface area contributed by atoms with Crippen molar-refractivity contribution in [2.24, 2.45) is 5.92 Å². The highest BCUT2D eigenvalue weighted by Crippen LogP contribution is 2.37. The van der Waals surface area contributed by atoms with Gasteiger partial charge in [0.1, 0.15) is 11.8 Å². The Morgan fingerprint density at radius 3 is 2.89 bits per heavy atom. The molecule has 3 rings (SSSR count). The van der Waals surface area contributed by atoms with Crippen molar-refractivity contribution >= 4 is 11.6 Å². The van der Waals surface area contributed by atoms with Crippen LogP contribution in [-0.4, -0.2) is 19.1 Å². The van der Waals surface area contributed by atoms with Gasteiger partial charge in [0.05, 0.1) is 7.11 Å². The molecule has 18 heavy (non-hydrogen) atoms. The highest BCUT2D eigenvalue weighted by molar-refractivity contribution is 6.02. The normalized spacial score (nSPS) is 23.4. The fourth-order valence-electron chi connectivity index (χ4n) is 2.53. The van der Waals surface area contributed by atoms with E-state index in [9.17, 15) is 4.79 Å². The molecule has 0 spiro atoms. The van der Waals surface area contributed by atoms with Gasteiger partial charge in [0, 0.05) is 17.3 Å². The molecule has 2 N–H and O–H groups in total. The molecule has 1 aliphatic carbocycles. The topological polar surface area (TPSA) is 50.4 Å². The molecule has 0 bridgehead atoms. The third-order valence-electron chi connectivity index (χ3n) is 3.85. The first-order valence-corrected chi connectivity index (χ1v) is 6.44. The van der Waals surface area contributed by atoms with E-state index in [0.29, 0.717) is 6.04 Å². The van der Waals surface area contributed by atoms with Gasteiger partial charge in [0.2, 0.25) is 5.91 Å². The zero-order valence-electron chi connectivity index (χ0n) is 10.7. The van der Waals surface area contributed by atoms with Crippen molar-refractivity contribution < 1.29 is 9.53 Å². The molecule has 0 radical (unpaired) electrons. The number of hydrogen-bond acceptors (Lipinski definition) is 3. The Bertz CT molecular complexity index is 483. The molecule has 1 heterocycles. The minimum Gasteiger partial charge on any atom is -0.497 e. The minimum absolute atomic E-state index is 0.0331. The van der Waals surface area contributed by atoms with Crippen LogP contribution >= 0.6 is 0 Å². The van der Waals surface area contributed by atoms with Crippen LogP contribution in [0.1, 0.15) is 31.4 Å². The quantitative estimate of drug-likeness (QED) is 0.855. The average molecular weight is 246 g/mol. The summed E-state index contributed by atoms with van der Waals surface area (Å²) in [5, 5.41) is 6.34. The summed E-state index contributed by atoms with van der Waals surface area (Å²) in [4.78, 5) is 12.0. The lowest BCUT2D eigenvalue weighted by molar-refractivity contribution is -0.117. The second-order valence-electron chi connectivity index (χ2n) is 5.17. The summed E-state index contributed by atoms with van der Waals surface area (Å²) in [7, 11) is 1.64. The van der Waals surface area contributed by atoms with Crippen LogP contribution in [-0.2, 0) is 4.79 Å². The maximum atomic E-state index is 12.0. The summed E-state index contributed by atoms with van der Waals surface area (Å²) in [5.74, 6) is 1.55. The minimum atomic E-state index is -0.245. The molecule has 1 amide bonds. The van der Waals surface area contributed by atoms with E-state index in [4.69, 9.17) is 4.74 Å². The van der Waals surface area contributed by atoms with E-state index in [0.717, 1.165) is 22.9 Å². The number of methoxy groups -OCH3 is 1. The van der Waals surface area contributed by atoms with E-state index in [1.165, 1.54) is 12.8 Å². The predicted molar refractivity (Wildman–Crippen MR) is 69.7 cm³/mol. The van der Waals surface area contributed by atoms with Gasteiger partial charge in [0.25, 0.3) is 0 Å². The molecule has 4 nitrogen and oxygen atoms in total. The molecule has 1 aromatic rings. The Hall–Kier alpha value is -1.55. The summed E-state index contributed by atoms with van der Waals surface area (Å²) in [6.45, 7) is 2.16. The Labute approximate surface area is 107 Å². The lowest BCUT2D eigenvalue weighted by atomic mass is 10.1. The molecule has 2 unspecified atom stereocenters. The molecule has 96 valence electrons. The van der Waals surface area contributed by atoms with Gasteiger partial charge in [-0.2, -0.15) is 0 Å². The zero-order valence-corrected chi connectivity index (χ0v) is 10.7. The third kappa shape index (κ3) is 1.97. The average Bonchev–Trinajstić information content (AvgIpc) is 3.16. The Balaban J connectivity index is 1.84. The number of rotatable bonds is 4. The summed E-state index contributed by atoms with van der Waals surface area (Å²) in [6, 6.07) is 5.84. The lowest BCUT2D eigenvalue weighted by Gasteiger charge is -2.18. The number of carbonyl (C=O) groups excluding carboxylic acids is 1. The van der Waals surface area contributed by atoms with Crippen LogP contribution in [0, 0.1) is 5.92 Å². The van der Waals surface area contributed by atoms with Crippen LogP contribution in [0.25, 0.3) is 0 Å². The van der Waals surface area contributed by atoms with Crippen LogP contribution in [0.3, 0.4) is 0 Å². The Morgan fingerprint density at radius 2 is 2.22 bits per heavy atom. The number of benzene rings is 1. The maximum Gasteiger partial charge on any atom is 0.246 e. The molecule has 0 aromatic heterocycles. The van der Waals surface area contributed by atoms with Crippen LogP contribution in [0.2, 0.25) is 0 Å². The van der Waals surface area contributed by atoms with E-state index in [1.807, 2.05) is 18.2 Å². The summed E-state index contributed by atoms with van der Waals surface area (Å²) in [5.41, 5.74) is 1.88. The smallest absolute Gasteiger partial charge is 0.246 e. The van der Waals surface area contributed by atoms with Gasteiger partial charge in [-0.3, -0.25) is 10.1 Å². The summed E-state index contributed by atoms with van der Waals surface area (Å²) in [6.07, 6.45) is 2.54. The van der Waals surface area contributed by atoms with Crippen molar-refractivity contribution in [3.05, 3.63) is 23.8 Å². The van der Waals surface area contributed by atoms with Crippen molar-refractivity contribution in [2.75, 3.05) is 12.4 Å². The largest absolute Gasteiger partial charge is 0.497 e. The van der Waals surface area contributed by atoms with Crippen LogP contribution in [0.5, 0.6) is 5.75 Å². The first kappa shape index (κ1) is 11.5. The lowest BCUT2D eigenvalue weighted by Crippen LogP contribution is -2.35. The molecule has 2 aliphatic rings. The predicted octanol–water partition coefficient (Wildman–Crippen LogP) is 2.08. The first-order valence-electron chi connectivity index (χ1n) is 6.44. The molecule has 4 heteroatoms. The van der Waals surface area contributed by atoms with Gasteiger partial charge in [0.15, 0.2) is 0 Å². The number of hydrogen-bond donors (Lipinski definition) is 2. The molecule has 1 saturated carbocycles. The molecule has 1 aromatic carbocycles. The number of amides is 1. The van der Waals surface area contributed by atoms with Gasteiger partial charge in [-0.05, 0) is 43.9 Å². The second kappa shape index (κ2) is 4.28. The SMILES string of the molecule is COc1ccc2c(c1)C(NC(C)C1CC1)C(=O)N2. The fraction of sp³-hybridized carbons (Fsp3) is 0.500. The molecule has 1 aliphatic heterocycles. The van der Waals surface area contributed by atoms with E-state index in [-0.39, 0.29) is 11.9 Å². The number of nitrogens with one attached hydrogen (secondary N) is 2. The van der Waals surface area contributed by atoms with Crippen molar-refractivity contribution in [1.29, 1.82) is 0 Å². The van der Waals surface area contributed by atoms with Crippen LogP contribution in [0.4, 0.5) is 5.69 Å². The molecular formula is C14H18N2O2. The van der Waals surface area contributed by atoms with Crippen molar-refractivity contribution in [2.45, 2.75) is 31.8 Å². The van der Waals surface area contributed by atoms with E-state index < -0.39 is 0 Å². The monoisotopic (exact) mass is 246 g/mol. The first-order chi connectivity index (χ1) is 8.69. The number of ether oxygens (including phenoxy) is 1. The van der Waals surface area contributed by atoms with Crippen LogP contribution < -0.4 is 15.4 Å². The summed E-state index contributed by atoms with van der Waals surface area (Å²) >= 11 is 0. The second-order valence-corrected chi connectivity index (χ2v) is 5.17. The summed E-state index contributed by atoms with van der Waals surface area (Å²) < 4.78 is 5.22. The van der Waals surface area contributed by atoms with Crippen molar-refractivity contribution in [3.63, 3.8) is 0 Å². The van der Waals surface area contributed by atoms with Crippen LogP contribution in [0.15, 0.2) is 18.2 Å². The highest BCUT2D eigenvalue weighted by Gasteiger charge is 2.35. The zero-order chi connectivity index (χ0) is 12.7. The third-order valence-corrected chi connectivity index (χ3v) is 3.85. The maximum absolute atomic E-state index is 12.0. The molecule has 0 saturated heterocycles. The van der Waals surface area contributed by atoms with E-state index >= 15 is 0 Å². The number of anilines is 1. The Kier molecular flexibility index (Phi) is 2.74. The van der Waals surface area contributed by atoms with Crippen molar-refractivity contribution in [3.8, 4) is 5.75 Å². The van der Waals surface area contributed by atoms with Gasteiger partial charge in [-0.1, -0.05) is 0 Å². The molecule has 2 atom stereocenters. The number of carbonyl (C=O) groups is 1. The molecule has 1 fully saturated rings.